The number of thioether (sulfide) groups is 1. The Hall–Kier alpha value is -0.440. The standard InChI is InChI=1S/C9H15NOS/c1-6-10-7(5-12-6)8(11)9(2,3)4/h7,10H,1,5H2,2-4H3. The summed E-state index contributed by atoms with van der Waals surface area (Å²) in [5, 5.41) is 3.99. The summed E-state index contributed by atoms with van der Waals surface area (Å²) < 4.78 is 0. The fourth-order valence-corrected chi connectivity index (χ4v) is 1.95. The van der Waals surface area contributed by atoms with Crippen molar-refractivity contribution in [2.45, 2.75) is 26.8 Å². The number of rotatable bonds is 1. The molecule has 1 aliphatic heterocycles. The molecule has 0 radical (unpaired) electrons. The van der Waals surface area contributed by atoms with Gasteiger partial charge in [0, 0.05) is 11.2 Å². The second-order valence-electron chi connectivity index (χ2n) is 4.05. The lowest BCUT2D eigenvalue weighted by atomic mass is 9.87. The first-order valence-corrected chi connectivity index (χ1v) is 5.02. The van der Waals surface area contributed by atoms with Gasteiger partial charge in [-0.1, -0.05) is 27.4 Å². The molecule has 1 unspecified atom stereocenters. The Balaban J connectivity index is 2.61. The van der Waals surface area contributed by atoms with Crippen LogP contribution in [0, 0.1) is 5.41 Å². The van der Waals surface area contributed by atoms with Gasteiger partial charge in [-0.25, -0.2) is 0 Å². The van der Waals surface area contributed by atoms with Crippen LogP contribution in [-0.2, 0) is 4.79 Å². The number of ketones is 1. The third-order valence-electron chi connectivity index (χ3n) is 1.82. The molecule has 1 saturated heterocycles. The van der Waals surface area contributed by atoms with Gasteiger partial charge in [0.15, 0.2) is 5.78 Å². The lowest BCUT2D eigenvalue weighted by molar-refractivity contribution is -0.127. The fraction of sp³-hybridized carbons (Fsp3) is 0.667. The Labute approximate surface area is 77.8 Å². The van der Waals surface area contributed by atoms with Crippen LogP contribution >= 0.6 is 11.8 Å². The molecule has 0 amide bonds. The lowest BCUT2D eigenvalue weighted by Gasteiger charge is -2.20. The lowest BCUT2D eigenvalue weighted by Crippen LogP contribution is -2.39. The van der Waals surface area contributed by atoms with Crippen LogP contribution < -0.4 is 5.32 Å². The van der Waals surface area contributed by atoms with Gasteiger partial charge >= 0.3 is 0 Å². The summed E-state index contributed by atoms with van der Waals surface area (Å²) in [5.41, 5.74) is -0.247. The molecule has 1 heterocycles. The van der Waals surface area contributed by atoms with Gasteiger partial charge in [0.2, 0.25) is 0 Å². The van der Waals surface area contributed by atoms with Crippen molar-refractivity contribution >= 4 is 17.5 Å². The van der Waals surface area contributed by atoms with Crippen LogP contribution in [0.2, 0.25) is 0 Å². The maximum atomic E-state index is 11.7. The summed E-state index contributed by atoms with van der Waals surface area (Å²) in [6.07, 6.45) is 0. The van der Waals surface area contributed by atoms with E-state index >= 15 is 0 Å². The summed E-state index contributed by atoms with van der Waals surface area (Å²) >= 11 is 1.62. The minimum Gasteiger partial charge on any atom is -0.370 e. The Morgan fingerprint density at radius 1 is 1.67 bits per heavy atom. The molecule has 1 aliphatic rings. The predicted octanol–water partition coefficient (Wildman–Crippen LogP) is 1.78. The minimum absolute atomic E-state index is 0.0255. The van der Waals surface area contributed by atoms with Gasteiger partial charge in [0.1, 0.15) is 0 Å². The van der Waals surface area contributed by atoms with Crippen molar-refractivity contribution in [2.75, 3.05) is 5.75 Å². The zero-order valence-electron chi connectivity index (χ0n) is 7.81. The van der Waals surface area contributed by atoms with E-state index in [1.165, 1.54) is 0 Å². The van der Waals surface area contributed by atoms with Crippen LogP contribution in [0.1, 0.15) is 20.8 Å². The summed E-state index contributed by atoms with van der Waals surface area (Å²) in [6, 6.07) is -0.0255. The second kappa shape index (κ2) is 3.13. The summed E-state index contributed by atoms with van der Waals surface area (Å²) in [4.78, 5) is 11.7. The smallest absolute Gasteiger partial charge is 0.161 e. The average molecular weight is 185 g/mol. The van der Waals surface area contributed by atoms with Crippen molar-refractivity contribution in [1.29, 1.82) is 0 Å². The van der Waals surface area contributed by atoms with Crippen molar-refractivity contribution < 1.29 is 4.79 Å². The Morgan fingerprint density at radius 2 is 2.25 bits per heavy atom. The first-order chi connectivity index (χ1) is 5.41. The molecule has 0 aromatic carbocycles. The highest BCUT2D eigenvalue weighted by Crippen LogP contribution is 2.26. The van der Waals surface area contributed by atoms with Gasteiger partial charge in [-0.05, 0) is 0 Å². The van der Waals surface area contributed by atoms with Gasteiger partial charge < -0.3 is 5.32 Å². The zero-order chi connectivity index (χ0) is 9.35. The number of hydrogen-bond donors (Lipinski definition) is 1. The molecule has 0 bridgehead atoms. The maximum Gasteiger partial charge on any atom is 0.161 e. The molecule has 12 heavy (non-hydrogen) atoms. The normalized spacial score (nSPS) is 23.9. The van der Waals surface area contributed by atoms with Crippen LogP contribution in [0.25, 0.3) is 0 Å². The van der Waals surface area contributed by atoms with E-state index in [-0.39, 0.29) is 17.2 Å². The second-order valence-corrected chi connectivity index (χ2v) is 5.16. The van der Waals surface area contributed by atoms with E-state index in [9.17, 15) is 4.79 Å². The summed E-state index contributed by atoms with van der Waals surface area (Å²) in [6.45, 7) is 9.61. The van der Waals surface area contributed by atoms with Crippen LogP contribution in [0.4, 0.5) is 0 Å². The number of Topliss-reactive ketones (excluding diaryl/α,β-unsaturated/α-hetero) is 1. The molecule has 0 aromatic rings. The Morgan fingerprint density at radius 3 is 2.58 bits per heavy atom. The molecule has 1 N–H and O–H groups in total. The largest absolute Gasteiger partial charge is 0.370 e. The van der Waals surface area contributed by atoms with Gasteiger partial charge in [-0.15, -0.1) is 11.8 Å². The van der Waals surface area contributed by atoms with E-state index in [0.29, 0.717) is 0 Å². The topological polar surface area (TPSA) is 29.1 Å². The van der Waals surface area contributed by atoms with Crippen LogP contribution in [0.5, 0.6) is 0 Å². The summed E-state index contributed by atoms with van der Waals surface area (Å²) in [7, 11) is 0. The fourth-order valence-electron chi connectivity index (χ4n) is 1.13. The van der Waals surface area contributed by atoms with Crippen molar-refractivity contribution in [1.82, 2.24) is 5.32 Å². The maximum absolute atomic E-state index is 11.7. The summed E-state index contributed by atoms with van der Waals surface area (Å²) in [5.74, 6) is 1.10. The van der Waals surface area contributed by atoms with E-state index < -0.39 is 0 Å². The van der Waals surface area contributed by atoms with E-state index in [1.807, 2.05) is 20.8 Å². The van der Waals surface area contributed by atoms with Gasteiger partial charge in [-0.3, -0.25) is 4.79 Å². The third kappa shape index (κ3) is 2.03. The van der Waals surface area contributed by atoms with Crippen LogP contribution in [0.3, 0.4) is 0 Å². The third-order valence-corrected chi connectivity index (χ3v) is 2.78. The van der Waals surface area contributed by atoms with Crippen LogP contribution in [-0.4, -0.2) is 17.6 Å². The number of carbonyl (C=O) groups excluding carboxylic acids is 1. The van der Waals surface area contributed by atoms with E-state index in [0.717, 1.165) is 10.8 Å². The Bertz CT molecular complexity index is 217. The van der Waals surface area contributed by atoms with E-state index in [2.05, 4.69) is 11.9 Å². The molecule has 1 fully saturated rings. The highest BCUT2D eigenvalue weighted by Gasteiger charge is 2.32. The van der Waals surface area contributed by atoms with Gasteiger partial charge in [0.05, 0.1) is 11.1 Å². The molecular formula is C9H15NOS. The molecule has 0 aromatic heterocycles. The quantitative estimate of drug-likeness (QED) is 0.675. The molecule has 1 rings (SSSR count). The molecule has 3 heteroatoms. The highest BCUT2D eigenvalue weighted by atomic mass is 32.2. The minimum atomic E-state index is -0.247. The van der Waals surface area contributed by atoms with E-state index in [4.69, 9.17) is 0 Å². The number of hydrogen-bond acceptors (Lipinski definition) is 3. The van der Waals surface area contributed by atoms with Crippen molar-refractivity contribution in [3.63, 3.8) is 0 Å². The molecule has 0 spiro atoms. The molecule has 2 nitrogen and oxygen atoms in total. The monoisotopic (exact) mass is 185 g/mol. The SMILES string of the molecule is C=C1NC(C(=O)C(C)(C)C)CS1. The van der Waals surface area contributed by atoms with Gasteiger partial charge in [0.25, 0.3) is 0 Å². The molecule has 0 saturated carbocycles. The van der Waals surface area contributed by atoms with Crippen molar-refractivity contribution in [2.24, 2.45) is 5.41 Å². The molecule has 1 atom stereocenters. The highest BCUT2D eigenvalue weighted by molar-refractivity contribution is 8.03. The number of carbonyl (C=O) groups is 1. The average Bonchev–Trinajstić information content (AvgIpc) is 2.32. The van der Waals surface area contributed by atoms with Crippen molar-refractivity contribution in [3.8, 4) is 0 Å². The van der Waals surface area contributed by atoms with Gasteiger partial charge in [-0.2, -0.15) is 0 Å². The molecule has 68 valence electrons. The van der Waals surface area contributed by atoms with E-state index in [1.54, 1.807) is 11.8 Å². The molecule has 0 aliphatic carbocycles. The zero-order valence-corrected chi connectivity index (χ0v) is 8.62. The first kappa shape index (κ1) is 9.65. The predicted molar refractivity (Wildman–Crippen MR) is 53.0 cm³/mol. The molecular weight excluding hydrogens is 170 g/mol. The van der Waals surface area contributed by atoms with Crippen molar-refractivity contribution in [3.05, 3.63) is 11.6 Å². The van der Waals surface area contributed by atoms with Crippen LogP contribution in [0.15, 0.2) is 11.6 Å². The Kier molecular flexibility index (Phi) is 2.52. The first-order valence-electron chi connectivity index (χ1n) is 4.04. The number of nitrogens with one attached hydrogen (secondary N) is 1.